The lowest BCUT2D eigenvalue weighted by molar-refractivity contribution is -0.124. The van der Waals surface area contributed by atoms with Gasteiger partial charge in [-0.3, -0.25) is 9.48 Å². The number of nitrogens with zero attached hydrogens (tertiary/aromatic N) is 2. The number of hydrogen-bond acceptors (Lipinski definition) is 2. The summed E-state index contributed by atoms with van der Waals surface area (Å²) in [5.41, 5.74) is 0. The van der Waals surface area contributed by atoms with Crippen molar-refractivity contribution in [1.82, 2.24) is 9.78 Å². The molecule has 82 valence electrons. The molecule has 1 aliphatic carbocycles. The maximum absolute atomic E-state index is 11.9. The molecule has 2 rings (SSSR count). The van der Waals surface area contributed by atoms with E-state index < -0.39 is 0 Å². The third-order valence-corrected chi connectivity index (χ3v) is 3.54. The van der Waals surface area contributed by atoms with E-state index in [0.717, 1.165) is 16.4 Å². The van der Waals surface area contributed by atoms with E-state index in [2.05, 4.69) is 27.7 Å². The molecule has 0 bridgehead atoms. The fraction of sp³-hybridized carbons (Fsp3) is 0.636. The Morgan fingerprint density at radius 2 is 2.20 bits per heavy atom. The predicted octanol–water partition coefficient (Wildman–Crippen LogP) is 2.64. The minimum absolute atomic E-state index is 0.292. The van der Waals surface area contributed by atoms with Crippen LogP contribution in [-0.4, -0.2) is 15.6 Å². The first-order chi connectivity index (χ1) is 7.25. The van der Waals surface area contributed by atoms with Crippen LogP contribution >= 0.6 is 22.6 Å². The summed E-state index contributed by atoms with van der Waals surface area (Å²) < 4.78 is 2.84. The summed E-state index contributed by atoms with van der Waals surface area (Å²) in [6.45, 7) is 0.452. The number of Topliss-reactive ketones (excluding diaryl/α,β-unsaturated/α-hetero) is 1. The van der Waals surface area contributed by atoms with E-state index in [4.69, 9.17) is 0 Å². The van der Waals surface area contributed by atoms with Gasteiger partial charge < -0.3 is 0 Å². The van der Waals surface area contributed by atoms with Crippen LogP contribution in [0.4, 0.5) is 0 Å². The molecule has 0 aliphatic heterocycles. The zero-order valence-electron chi connectivity index (χ0n) is 8.66. The van der Waals surface area contributed by atoms with Crippen molar-refractivity contribution < 1.29 is 4.79 Å². The van der Waals surface area contributed by atoms with E-state index >= 15 is 0 Å². The van der Waals surface area contributed by atoms with Crippen molar-refractivity contribution >= 4 is 28.4 Å². The highest BCUT2D eigenvalue weighted by atomic mass is 127. The third-order valence-electron chi connectivity index (χ3n) is 2.98. The minimum Gasteiger partial charge on any atom is -0.297 e. The Balaban J connectivity index is 1.91. The van der Waals surface area contributed by atoms with Crippen molar-refractivity contribution in [3.8, 4) is 0 Å². The van der Waals surface area contributed by atoms with Gasteiger partial charge in [0.1, 0.15) is 0 Å². The number of halogens is 1. The molecule has 4 heteroatoms. The van der Waals surface area contributed by atoms with Gasteiger partial charge >= 0.3 is 0 Å². The van der Waals surface area contributed by atoms with E-state index in [0.29, 0.717) is 18.2 Å². The lowest BCUT2D eigenvalue weighted by Gasteiger charge is -2.19. The largest absolute Gasteiger partial charge is 0.297 e. The monoisotopic (exact) mass is 318 g/mol. The topological polar surface area (TPSA) is 34.9 Å². The van der Waals surface area contributed by atoms with Crippen molar-refractivity contribution in [3.05, 3.63) is 16.0 Å². The highest BCUT2D eigenvalue weighted by molar-refractivity contribution is 14.1. The van der Waals surface area contributed by atoms with Crippen molar-refractivity contribution in [2.45, 2.75) is 38.6 Å². The number of carbonyl (C=O) groups is 1. The average molecular weight is 318 g/mol. The molecule has 1 aromatic rings. The first-order valence-corrected chi connectivity index (χ1v) is 6.54. The van der Waals surface area contributed by atoms with Crippen LogP contribution in [0.15, 0.2) is 12.4 Å². The number of aromatic nitrogens is 2. The molecule has 0 spiro atoms. The Hall–Kier alpha value is -0.390. The number of ketones is 1. The Kier molecular flexibility index (Phi) is 3.77. The highest BCUT2D eigenvalue weighted by Crippen LogP contribution is 2.24. The van der Waals surface area contributed by atoms with Crippen molar-refractivity contribution in [3.63, 3.8) is 0 Å². The molecule has 15 heavy (non-hydrogen) atoms. The molecule has 1 heterocycles. The van der Waals surface area contributed by atoms with Crippen LogP contribution in [0, 0.1) is 9.49 Å². The van der Waals surface area contributed by atoms with E-state index in [-0.39, 0.29) is 0 Å². The predicted molar refractivity (Wildman–Crippen MR) is 66.5 cm³/mol. The molecule has 0 amide bonds. The third kappa shape index (κ3) is 3.03. The normalized spacial score (nSPS) is 17.9. The number of carbonyl (C=O) groups excluding carboxylic acids is 1. The molecule has 0 N–H and O–H groups in total. The second-order valence-corrected chi connectivity index (χ2v) is 5.40. The van der Waals surface area contributed by atoms with Crippen LogP contribution in [0.5, 0.6) is 0 Å². The van der Waals surface area contributed by atoms with Gasteiger partial charge in [0.05, 0.1) is 16.3 Å². The van der Waals surface area contributed by atoms with E-state index in [1.807, 2.05) is 6.20 Å². The summed E-state index contributed by atoms with van der Waals surface area (Å²) in [6, 6.07) is 0. The van der Waals surface area contributed by atoms with Gasteiger partial charge in [0, 0.05) is 12.1 Å². The summed E-state index contributed by atoms with van der Waals surface area (Å²) in [4.78, 5) is 11.9. The molecule has 0 aromatic carbocycles. The Bertz CT molecular complexity index is 342. The van der Waals surface area contributed by atoms with E-state index in [1.54, 1.807) is 10.9 Å². The highest BCUT2D eigenvalue weighted by Gasteiger charge is 2.21. The minimum atomic E-state index is 0.292. The Labute approximate surface area is 103 Å². The molecule has 0 unspecified atom stereocenters. The number of hydrogen-bond donors (Lipinski definition) is 0. The lowest BCUT2D eigenvalue weighted by Crippen LogP contribution is -2.22. The molecule has 0 saturated heterocycles. The van der Waals surface area contributed by atoms with Gasteiger partial charge in [-0.15, -0.1) is 0 Å². The van der Waals surface area contributed by atoms with Gasteiger partial charge in [0.15, 0.2) is 5.78 Å². The molecule has 0 radical (unpaired) electrons. The van der Waals surface area contributed by atoms with Gasteiger partial charge in [0.2, 0.25) is 0 Å². The molecule has 0 atom stereocenters. The fourth-order valence-corrected chi connectivity index (χ4v) is 2.58. The van der Waals surface area contributed by atoms with Crippen molar-refractivity contribution in [2.75, 3.05) is 0 Å². The van der Waals surface area contributed by atoms with Crippen LogP contribution in [0.1, 0.15) is 32.1 Å². The first-order valence-electron chi connectivity index (χ1n) is 5.46. The Morgan fingerprint density at radius 3 is 2.80 bits per heavy atom. The lowest BCUT2D eigenvalue weighted by atomic mass is 9.86. The molecule has 1 saturated carbocycles. The second kappa shape index (κ2) is 5.09. The standard InChI is InChI=1S/C11H15IN2O/c12-10-6-13-14(7-10)8-11(15)9-4-2-1-3-5-9/h6-7,9H,1-5,8H2. The zero-order valence-corrected chi connectivity index (χ0v) is 10.8. The van der Waals surface area contributed by atoms with Gasteiger partial charge in [-0.25, -0.2) is 0 Å². The molecular weight excluding hydrogens is 303 g/mol. The SMILES string of the molecule is O=C(Cn1cc(I)cn1)C1CCCCC1. The van der Waals surface area contributed by atoms with Crippen LogP contribution in [0.25, 0.3) is 0 Å². The maximum Gasteiger partial charge on any atom is 0.157 e. The van der Waals surface area contributed by atoms with Crippen LogP contribution < -0.4 is 0 Å². The van der Waals surface area contributed by atoms with Gasteiger partial charge in [-0.05, 0) is 35.4 Å². The van der Waals surface area contributed by atoms with Crippen molar-refractivity contribution in [1.29, 1.82) is 0 Å². The van der Waals surface area contributed by atoms with Gasteiger partial charge in [0.25, 0.3) is 0 Å². The molecular formula is C11H15IN2O. The fourth-order valence-electron chi connectivity index (χ4n) is 2.14. The van der Waals surface area contributed by atoms with E-state index in [1.165, 1.54) is 19.3 Å². The molecule has 1 aliphatic rings. The quantitative estimate of drug-likeness (QED) is 0.803. The van der Waals surface area contributed by atoms with Crippen LogP contribution in [0.2, 0.25) is 0 Å². The molecule has 1 fully saturated rings. The number of rotatable bonds is 3. The summed E-state index contributed by atoms with van der Waals surface area (Å²) in [5, 5.41) is 4.14. The van der Waals surface area contributed by atoms with Crippen LogP contribution in [0.3, 0.4) is 0 Å². The zero-order chi connectivity index (χ0) is 10.7. The molecule has 3 nitrogen and oxygen atoms in total. The average Bonchev–Trinajstić information content (AvgIpc) is 2.65. The maximum atomic E-state index is 11.9. The Morgan fingerprint density at radius 1 is 1.47 bits per heavy atom. The summed E-state index contributed by atoms with van der Waals surface area (Å²) in [5.74, 6) is 0.648. The first kappa shape index (κ1) is 11.1. The summed E-state index contributed by atoms with van der Waals surface area (Å²) in [7, 11) is 0. The van der Waals surface area contributed by atoms with E-state index in [9.17, 15) is 4.79 Å². The van der Waals surface area contributed by atoms with Gasteiger partial charge in [-0.1, -0.05) is 19.3 Å². The summed E-state index contributed by atoms with van der Waals surface area (Å²) >= 11 is 2.21. The molecule has 1 aromatic heterocycles. The summed E-state index contributed by atoms with van der Waals surface area (Å²) in [6.07, 6.45) is 9.59. The smallest absolute Gasteiger partial charge is 0.157 e. The second-order valence-electron chi connectivity index (χ2n) is 4.16. The van der Waals surface area contributed by atoms with Crippen LogP contribution in [-0.2, 0) is 11.3 Å². The van der Waals surface area contributed by atoms with Crippen molar-refractivity contribution in [2.24, 2.45) is 5.92 Å². The van der Waals surface area contributed by atoms with Gasteiger partial charge in [-0.2, -0.15) is 5.10 Å².